The molecule has 146 valence electrons. The number of hydrogen-bond acceptors (Lipinski definition) is 5. The first-order valence-electron chi connectivity index (χ1n) is 9.39. The fourth-order valence-electron chi connectivity index (χ4n) is 3.47. The van der Waals surface area contributed by atoms with Gasteiger partial charge in [0.2, 0.25) is 5.91 Å². The van der Waals surface area contributed by atoms with E-state index in [4.69, 9.17) is 9.26 Å². The number of carbonyl (C=O) groups is 1. The number of hydrogen-bond donors (Lipinski definition) is 0. The first kappa shape index (κ1) is 19.2. The molecular weight excluding hydrogens is 346 g/mol. The largest absolute Gasteiger partial charge is 0.490 e. The van der Waals surface area contributed by atoms with E-state index in [1.807, 2.05) is 31.7 Å². The van der Waals surface area contributed by atoms with Crippen LogP contribution in [-0.2, 0) is 18.3 Å². The van der Waals surface area contributed by atoms with Gasteiger partial charge in [0.05, 0.1) is 5.69 Å². The van der Waals surface area contributed by atoms with Gasteiger partial charge in [0.1, 0.15) is 17.6 Å². The summed E-state index contributed by atoms with van der Waals surface area (Å²) in [6.45, 7) is 7.01. The van der Waals surface area contributed by atoms with Crippen LogP contribution in [0.5, 0.6) is 5.75 Å². The van der Waals surface area contributed by atoms with Gasteiger partial charge < -0.3 is 18.7 Å². The smallest absolute Gasteiger partial charge is 0.254 e. The molecule has 0 atom stereocenters. The maximum absolute atomic E-state index is 12.5. The van der Waals surface area contributed by atoms with E-state index in [9.17, 15) is 9.59 Å². The second-order valence-electron chi connectivity index (χ2n) is 7.23. The molecule has 0 spiro atoms. The zero-order valence-electron chi connectivity index (χ0n) is 16.4. The Labute approximate surface area is 158 Å². The molecule has 0 N–H and O–H groups in total. The van der Waals surface area contributed by atoms with Crippen LogP contribution in [0.3, 0.4) is 0 Å². The first-order valence-corrected chi connectivity index (χ1v) is 9.39. The molecule has 0 bridgehead atoms. The lowest BCUT2D eigenvalue weighted by Crippen LogP contribution is -2.42. The lowest BCUT2D eigenvalue weighted by molar-refractivity contribution is -0.132. The summed E-state index contributed by atoms with van der Waals surface area (Å²) in [6, 6.07) is 3.40. The Bertz CT molecular complexity index is 856. The third-order valence-corrected chi connectivity index (χ3v) is 5.34. The highest BCUT2D eigenvalue weighted by atomic mass is 16.5. The van der Waals surface area contributed by atoms with Gasteiger partial charge in [-0.1, -0.05) is 5.16 Å². The van der Waals surface area contributed by atoms with E-state index in [0.717, 1.165) is 35.6 Å². The number of aryl methyl sites for hydroxylation is 3. The highest BCUT2D eigenvalue weighted by Crippen LogP contribution is 2.20. The minimum atomic E-state index is -0.0723. The number of carbonyl (C=O) groups excluding carboxylic acids is 1. The number of pyridine rings is 1. The van der Waals surface area contributed by atoms with Crippen LogP contribution in [0.25, 0.3) is 0 Å². The molecule has 7 nitrogen and oxygen atoms in total. The molecular formula is C20H27N3O4. The Morgan fingerprint density at radius 2 is 1.96 bits per heavy atom. The number of likely N-dealkylation sites (tertiary alicyclic amines) is 1. The molecule has 3 heterocycles. The third kappa shape index (κ3) is 4.40. The van der Waals surface area contributed by atoms with Gasteiger partial charge in [-0.15, -0.1) is 0 Å². The number of rotatable bonds is 5. The fourth-order valence-corrected chi connectivity index (χ4v) is 3.47. The first-order chi connectivity index (χ1) is 12.8. The minimum Gasteiger partial charge on any atom is -0.490 e. The monoisotopic (exact) mass is 373 g/mol. The van der Waals surface area contributed by atoms with Crippen LogP contribution < -0.4 is 10.3 Å². The van der Waals surface area contributed by atoms with Crippen LogP contribution in [0, 0.1) is 20.8 Å². The molecule has 0 unspecified atom stereocenters. The molecule has 0 saturated carbocycles. The van der Waals surface area contributed by atoms with E-state index >= 15 is 0 Å². The third-order valence-electron chi connectivity index (χ3n) is 5.34. The maximum atomic E-state index is 12.5. The highest BCUT2D eigenvalue weighted by molar-refractivity contribution is 5.76. The van der Waals surface area contributed by atoms with E-state index in [1.165, 1.54) is 6.07 Å². The van der Waals surface area contributed by atoms with Crippen molar-refractivity contribution in [1.29, 1.82) is 0 Å². The summed E-state index contributed by atoms with van der Waals surface area (Å²) >= 11 is 0. The Hall–Kier alpha value is -2.57. The number of amides is 1. The molecule has 3 rings (SSSR count). The summed E-state index contributed by atoms with van der Waals surface area (Å²) < 4.78 is 12.7. The van der Waals surface area contributed by atoms with Gasteiger partial charge in [0.15, 0.2) is 0 Å². The summed E-state index contributed by atoms with van der Waals surface area (Å²) in [5.41, 5.74) is 2.68. The predicted octanol–water partition coefficient (Wildman–Crippen LogP) is 2.30. The topological polar surface area (TPSA) is 77.6 Å². The van der Waals surface area contributed by atoms with Gasteiger partial charge in [-0.2, -0.15) is 0 Å². The zero-order valence-corrected chi connectivity index (χ0v) is 16.4. The number of piperidine rings is 1. The van der Waals surface area contributed by atoms with Crippen molar-refractivity contribution in [2.75, 3.05) is 13.1 Å². The van der Waals surface area contributed by atoms with Crippen molar-refractivity contribution >= 4 is 5.91 Å². The van der Waals surface area contributed by atoms with Crippen molar-refractivity contribution in [3.8, 4) is 5.75 Å². The van der Waals surface area contributed by atoms with Crippen molar-refractivity contribution in [1.82, 2.24) is 14.6 Å². The summed E-state index contributed by atoms with van der Waals surface area (Å²) in [4.78, 5) is 26.3. The van der Waals surface area contributed by atoms with Crippen molar-refractivity contribution in [3.63, 3.8) is 0 Å². The molecule has 0 aliphatic carbocycles. The Kier molecular flexibility index (Phi) is 5.68. The van der Waals surface area contributed by atoms with Crippen molar-refractivity contribution in [2.45, 2.75) is 52.6 Å². The van der Waals surface area contributed by atoms with Gasteiger partial charge in [-0.05, 0) is 33.3 Å². The quantitative estimate of drug-likeness (QED) is 0.804. The second kappa shape index (κ2) is 7.98. The van der Waals surface area contributed by atoms with E-state index in [2.05, 4.69) is 5.16 Å². The molecule has 7 heteroatoms. The molecule has 1 aliphatic heterocycles. The van der Waals surface area contributed by atoms with Crippen LogP contribution >= 0.6 is 0 Å². The molecule has 0 aromatic carbocycles. The normalized spacial score (nSPS) is 15.2. The van der Waals surface area contributed by atoms with Crippen molar-refractivity contribution in [2.24, 2.45) is 7.05 Å². The summed E-state index contributed by atoms with van der Waals surface area (Å²) in [7, 11) is 1.74. The van der Waals surface area contributed by atoms with E-state index in [-0.39, 0.29) is 17.6 Å². The average molecular weight is 373 g/mol. The molecule has 1 fully saturated rings. The van der Waals surface area contributed by atoms with Crippen molar-refractivity contribution in [3.05, 3.63) is 45.2 Å². The van der Waals surface area contributed by atoms with Crippen molar-refractivity contribution < 1.29 is 14.1 Å². The summed E-state index contributed by atoms with van der Waals surface area (Å²) in [5, 5.41) is 3.93. The Balaban J connectivity index is 1.50. The van der Waals surface area contributed by atoms with E-state index < -0.39 is 0 Å². The second-order valence-corrected chi connectivity index (χ2v) is 7.23. The Morgan fingerprint density at radius 1 is 1.26 bits per heavy atom. The van der Waals surface area contributed by atoms with E-state index in [1.54, 1.807) is 11.6 Å². The van der Waals surface area contributed by atoms with E-state index in [0.29, 0.717) is 31.7 Å². The Morgan fingerprint density at radius 3 is 2.56 bits per heavy atom. The molecule has 27 heavy (non-hydrogen) atoms. The number of ether oxygens (including phenoxy) is 1. The molecule has 1 amide bonds. The molecule has 0 radical (unpaired) electrons. The zero-order chi connectivity index (χ0) is 19.6. The van der Waals surface area contributed by atoms with Gasteiger partial charge in [-0.25, -0.2) is 0 Å². The molecule has 2 aromatic rings. The van der Waals surface area contributed by atoms with Gasteiger partial charge >= 0.3 is 0 Å². The maximum Gasteiger partial charge on any atom is 0.254 e. The lowest BCUT2D eigenvalue weighted by atomic mass is 10.0. The number of nitrogens with zero attached hydrogens (tertiary/aromatic N) is 3. The molecule has 2 aromatic heterocycles. The van der Waals surface area contributed by atoms with Gasteiger partial charge in [0.25, 0.3) is 5.56 Å². The van der Waals surface area contributed by atoms with Crippen LogP contribution in [-0.4, -0.2) is 39.7 Å². The van der Waals surface area contributed by atoms with Crippen LogP contribution in [0.4, 0.5) is 0 Å². The van der Waals surface area contributed by atoms with Crippen LogP contribution in [0.2, 0.25) is 0 Å². The lowest BCUT2D eigenvalue weighted by Gasteiger charge is -2.32. The van der Waals surface area contributed by atoms with Crippen LogP contribution in [0.15, 0.2) is 21.5 Å². The minimum absolute atomic E-state index is 0.0307. The molecule has 1 aliphatic rings. The van der Waals surface area contributed by atoms with Gasteiger partial charge in [-0.3, -0.25) is 9.59 Å². The molecule has 1 saturated heterocycles. The predicted molar refractivity (Wildman–Crippen MR) is 101 cm³/mol. The summed E-state index contributed by atoms with van der Waals surface area (Å²) in [6.07, 6.45) is 2.69. The highest BCUT2D eigenvalue weighted by Gasteiger charge is 2.24. The standard InChI is InChI=1S/C20H27N3O4/c1-13-11-17(12-20(25)22(13)4)26-16-7-9-23(10-8-16)19(24)6-5-18-14(2)21-27-15(18)3/h11-12,16H,5-10H2,1-4H3. The summed E-state index contributed by atoms with van der Waals surface area (Å²) in [5.74, 6) is 1.55. The SMILES string of the molecule is Cc1noc(C)c1CCC(=O)N1CCC(Oc2cc(C)n(C)c(=O)c2)CC1. The fraction of sp³-hybridized carbons (Fsp3) is 0.550. The van der Waals surface area contributed by atoms with Crippen LogP contribution in [0.1, 0.15) is 42.0 Å². The average Bonchev–Trinajstić information content (AvgIpc) is 2.96. The van der Waals surface area contributed by atoms with Gasteiger partial charge in [0, 0.05) is 56.7 Å². The number of aromatic nitrogens is 2.